The first-order chi connectivity index (χ1) is 20.7. The van der Waals surface area contributed by atoms with Crippen LogP contribution in [0.5, 0.6) is 0 Å². The second kappa shape index (κ2) is 14.3. The standard InChI is InChI=1S/C36H39N3O4/c1-35(2,3)43-34(42)38-31(33(41)37-25-24-27-16-8-4-9-17-27)26-32(40)39-36(28-18-10-5-11-19-28,29-20-12-6-13-21-29)30-22-14-7-15-23-30/h4-23,31H,24-26H2,1-3H3,(H,37,41)(H,38,42)(H,39,40)/t31-/m1/s1. The minimum atomic E-state index is -1.16. The van der Waals surface area contributed by atoms with Crippen LogP contribution in [0, 0.1) is 0 Å². The highest BCUT2D eigenvalue weighted by Crippen LogP contribution is 2.36. The molecule has 0 aliphatic rings. The van der Waals surface area contributed by atoms with Gasteiger partial charge in [0.25, 0.3) is 0 Å². The van der Waals surface area contributed by atoms with E-state index in [4.69, 9.17) is 4.74 Å². The van der Waals surface area contributed by atoms with Crippen molar-refractivity contribution in [1.29, 1.82) is 0 Å². The lowest BCUT2D eigenvalue weighted by Crippen LogP contribution is -2.53. The van der Waals surface area contributed by atoms with Gasteiger partial charge in [0.15, 0.2) is 0 Å². The lowest BCUT2D eigenvalue weighted by Gasteiger charge is -2.37. The highest BCUT2D eigenvalue weighted by molar-refractivity contribution is 5.91. The molecule has 0 spiro atoms. The smallest absolute Gasteiger partial charge is 0.408 e. The molecule has 0 radical (unpaired) electrons. The van der Waals surface area contributed by atoms with E-state index in [2.05, 4.69) is 16.0 Å². The van der Waals surface area contributed by atoms with E-state index < -0.39 is 35.1 Å². The van der Waals surface area contributed by atoms with Crippen LogP contribution in [0.4, 0.5) is 4.79 Å². The molecule has 4 rings (SSSR count). The summed E-state index contributed by atoms with van der Waals surface area (Å²) in [6, 6.07) is 37.7. The van der Waals surface area contributed by atoms with E-state index in [0.717, 1.165) is 22.3 Å². The molecule has 222 valence electrons. The SMILES string of the molecule is CC(C)(C)OC(=O)N[C@H](CC(=O)NC(c1ccccc1)(c1ccccc1)c1ccccc1)C(=O)NCCc1ccccc1. The Hall–Kier alpha value is -4.91. The molecule has 0 bridgehead atoms. The minimum Gasteiger partial charge on any atom is -0.444 e. The fourth-order valence-electron chi connectivity index (χ4n) is 4.98. The molecular weight excluding hydrogens is 538 g/mol. The zero-order chi connectivity index (χ0) is 30.7. The zero-order valence-electron chi connectivity index (χ0n) is 24.9. The van der Waals surface area contributed by atoms with Crippen LogP contribution in [0.1, 0.15) is 49.4 Å². The highest BCUT2D eigenvalue weighted by atomic mass is 16.6. The zero-order valence-corrected chi connectivity index (χ0v) is 24.9. The van der Waals surface area contributed by atoms with Crippen LogP contribution in [0.2, 0.25) is 0 Å². The monoisotopic (exact) mass is 577 g/mol. The summed E-state index contributed by atoms with van der Waals surface area (Å²) >= 11 is 0. The third kappa shape index (κ3) is 8.55. The first-order valence-corrected chi connectivity index (χ1v) is 14.5. The van der Waals surface area contributed by atoms with Crippen LogP contribution < -0.4 is 16.0 Å². The summed E-state index contributed by atoms with van der Waals surface area (Å²) < 4.78 is 5.42. The predicted molar refractivity (Wildman–Crippen MR) is 168 cm³/mol. The maximum Gasteiger partial charge on any atom is 0.408 e. The molecule has 7 heteroatoms. The van der Waals surface area contributed by atoms with E-state index in [1.807, 2.05) is 121 Å². The fraction of sp³-hybridized carbons (Fsp3) is 0.250. The second-order valence-electron chi connectivity index (χ2n) is 11.3. The number of ether oxygens (including phenoxy) is 1. The molecule has 0 saturated heterocycles. The van der Waals surface area contributed by atoms with E-state index >= 15 is 0 Å². The molecule has 0 heterocycles. The van der Waals surface area contributed by atoms with Crippen molar-refractivity contribution < 1.29 is 19.1 Å². The number of alkyl carbamates (subject to hydrolysis) is 1. The van der Waals surface area contributed by atoms with Crippen molar-refractivity contribution in [3.05, 3.63) is 144 Å². The van der Waals surface area contributed by atoms with Gasteiger partial charge in [0.1, 0.15) is 17.2 Å². The quantitative estimate of drug-likeness (QED) is 0.198. The van der Waals surface area contributed by atoms with Crippen molar-refractivity contribution in [2.24, 2.45) is 0 Å². The Labute approximate surface area is 253 Å². The summed E-state index contributed by atoms with van der Waals surface area (Å²) in [6.07, 6.45) is -0.467. The molecule has 0 unspecified atom stereocenters. The largest absolute Gasteiger partial charge is 0.444 e. The summed E-state index contributed by atoms with van der Waals surface area (Å²) in [5.74, 6) is -0.891. The third-order valence-electron chi connectivity index (χ3n) is 6.90. The summed E-state index contributed by atoms with van der Waals surface area (Å²) in [5.41, 5.74) is 1.79. The van der Waals surface area contributed by atoms with Crippen LogP contribution in [-0.4, -0.2) is 36.1 Å². The summed E-state index contributed by atoms with van der Waals surface area (Å²) in [7, 11) is 0. The lowest BCUT2D eigenvalue weighted by atomic mass is 9.77. The maximum atomic E-state index is 14.0. The number of carbonyl (C=O) groups excluding carboxylic acids is 3. The van der Waals surface area contributed by atoms with Gasteiger partial charge in [-0.1, -0.05) is 121 Å². The number of rotatable bonds is 11. The first-order valence-electron chi connectivity index (χ1n) is 14.5. The number of hydrogen-bond donors (Lipinski definition) is 3. The summed E-state index contributed by atoms with van der Waals surface area (Å²) in [5, 5.41) is 8.75. The van der Waals surface area contributed by atoms with Crippen molar-refractivity contribution in [3.63, 3.8) is 0 Å². The molecule has 43 heavy (non-hydrogen) atoms. The molecule has 0 aliphatic carbocycles. The molecule has 1 atom stereocenters. The Kier molecular flexibility index (Phi) is 10.3. The van der Waals surface area contributed by atoms with Crippen LogP contribution in [-0.2, 0) is 26.3 Å². The van der Waals surface area contributed by atoms with Crippen LogP contribution in [0.25, 0.3) is 0 Å². The van der Waals surface area contributed by atoms with Gasteiger partial charge in [0.2, 0.25) is 11.8 Å². The Morgan fingerprint density at radius 2 is 1.12 bits per heavy atom. The maximum absolute atomic E-state index is 14.0. The van der Waals surface area contributed by atoms with E-state index in [9.17, 15) is 14.4 Å². The van der Waals surface area contributed by atoms with Crippen LogP contribution in [0.15, 0.2) is 121 Å². The Morgan fingerprint density at radius 3 is 1.56 bits per heavy atom. The molecule has 4 aromatic carbocycles. The summed E-state index contributed by atoms with van der Waals surface area (Å²) in [6.45, 7) is 5.56. The number of carbonyl (C=O) groups is 3. The predicted octanol–water partition coefficient (Wildman–Crippen LogP) is 5.74. The number of amides is 3. The Morgan fingerprint density at radius 1 is 0.674 bits per heavy atom. The fourth-order valence-corrected chi connectivity index (χ4v) is 4.98. The van der Waals surface area contributed by atoms with Gasteiger partial charge in [-0.3, -0.25) is 9.59 Å². The van der Waals surface area contributed by atoms with Gasteiger partial charge in [-0.15, -0.1) is 0 Å². The van der Waals surface area contributed by atoms with Crippen molar-refractivity contribution in [1.82, 2.24) is 16.0 Å². The average Bonchev–Trinajstić information content (AvgIpc) is 3.00. The van der Waals surface area contributed by atoms with Crippen molar-refractivity contribution in [3.8, 4) is 0 Å². The van der Waals surface area contributed by atoms with Crippen LogP contribution in [0.3, 0.4) is 0 Å². The average molecular weight is 578 g/mol. The topological polar surface area (TPSA) is 96.5 Å². The van der Waals surface area contributed by atoms with Gasteiger partial charge >= 0.3 is 6.09 Å². The number of nitrogens with one attached hydrogen (secondary N) is 3. The van der Waals surface area contributed by atoms with E-state index in [0.29, 0.717) is 13.0 Å². The molecular formula is C36H39N3O4. The van der Waals surface area contributed by atoms with Crippen molar-refractivity contribution >= 4 is 17.9 Å². The molecule has 0 saturated carbocycles. The number of hydrogen-bond acceptors (Lipinski definition) is 4. The van der Waals surface area contributed by atoms with Crippen molar-refractivity contribution in [2.75, 3.05) is 6.54 Å². The lowest BCUT2D eigenvalue weighted by molar-refractivity contribution is -0.129. The van der Waals surface area contributed by atoms with Crippen molar-refractivity contribution in [2.45, 2.75) is 50.8 Å². The van der Waals surface area contributed by atoms with Gasteiger partial charge in [-0.2, -0.15) is 0 Å². The molecule has 7 nitrogen and oxygen atoms in total. The van der Waals surface area contributed by atoms with E-state index in [-0.39, 0.29) is 6.42 Å². The Bertz CT molecular complexity index is 1370. The molecule has 0 aliphatic heterocycles. The second-order valence-corrected chi connectivity index (χ2v) is 11.3. The highest BCUT2D eigenvalue weighted by Gasteiger charge is 2.39. The van der Waals surface area contributed by atoms with Gasteiger partial charge in [-0.25, -0.2) is 4.79 Å². The van der Waals surface area contributed by atoms with Gasteiger partial charge < -0.3 is 20.7 Å². The molecule has 3 N–H and O–H groups in total. The summed E-state index contributed by atoms with van der Waals surface area (Å²) in [4.78, 5) is 40.1. The number of benzene rings is 4. The Balaban J connectivity index is 1.63. The van der Waals surface area contributed by atoms with Gasteiger partial charge in [-0.05, 0) is 49.4 Å². The normalized spacial score (nSPS) is 12.1. The third-order valence-corrected chi connectivity index (χ3v) is 6.90. The van der Waals surface area contributed by atoms with E-state index in [1.54, 1.807) is 20.8 Å². The molecule has 3 amide bonds. The molecule has 4 aromatic rings. The van der Waals surface area contributed by atoms with E-state index in [1.165, 1.54) is 0 Å². The minimum absolute atomic E-state index is 0.301. The van der Waals surface area contributed by atoms with Crippen LogP contribution >= 0.6 is 0 Å². The van der Waals surface area contributed by atoms with Gasteiger partial charge in [0, 0.05) is 6.54 Å². The first kappa shape index (κ1) is 31.0. The van der Waals surface area contributed by atoms with Gasteiger partial charge in [0.05, 0.1) is 6.42 Å². The molecule has 0 fully saturated rings. The molecule has 0 aromatic heterocycles.